The molecule has 1 aliphatic heterocycles. The first-order valence-electron chi connectivity index (χ1n) is 4.29. The molecule has 2 unspecified atom stereocenters. The first kappa shape index (κ1) is 10.7. The molecule has 78 valence electrons. The van der Waals surface area contributed by atoms with Crippen LogP contribution >= 0.6 is 0 Å². The molecule has 1 heterocycles. The maximum absolute atomic E-state index is 10.8. The van der Waals surface area contributed by atoms with Crippen LogP contribution in [0.1, 0.15) is 13.3 Å². The van der Waals surface area contributed by atoms with Gasteiger partial charge in [-0.2, -0.15) is 0 Å². The van der Waals surface area contributed by atoms with E-state index >= 15 is 0 Å². The lowest BCUT2D eigenvalue weighted by Gasteiger charge is -2.26. The highest BCUT2D eigenvalue weighted by Gasteiger charge is 2.23. The predicted molar refractivity (Wildman–Crippen MR) is 48.3 cm³/mol. The largest absolute Gasteiger partial charge is 0.462 e. The Bertz CT molecular complexity index is 262. The number of ether oxygens (including phenoxy) is 2. The van der Waals surface area contributed by atoms with Gasteiger partial charge in [-0.1, -0.05) is 0 Å². The third kappa shape index (κ3) is 2.85. The molecule has 1 amide bonds. The normalized spacial score (nSPS) is 26.0. The summed E-state index contributed by atoms with van der Waals surface area (Å²) in [5.41, 5.74) is 0. The molecule has 0 spiro atoms. The number of hydrogen-bond acceptors (Lipinski definition) is 4. The number of carbonyl (C=O) groups excluding carboxylic acids is 2. The second-order valence-corrected chi connectivity index (χ2v) is 3.01. The van der Waals surface area contributed by atoms with Crippen LogP contribution < -0.4 is 5.32 Å². The average molecular weight is 199 g/mol. The molecule has 0 bridgehead atoms. The highest BCUT2D eigenvalue weighted by Crippen LogP contribution is 2.16. The molecule has 1 rings (SSSR count). The summed E-state index contributed by atoms with van der Waals surface area (Å²) in [6.07, 6.45) is 2.20. The third-order valence-corrected chi connectivity index (χ3v) is 1.85. The molecule has 0 aliphatic carbocycles. The molecular weight excluding hydrogens is 186 g/mol. The van der Waals surface area contributed by atoms with E-state index in [1.807, 2.05) is 0 Å². The Labute approximate surface area is 82.1 Å². The molecule has 0 aromatic heterocycles. The van der Waals surface area contributed by atoms with Crippen molar-refractivity contribution < 1.29 is 19.1 Å². The van der Waals surface area contributed by atoms with E-state index in [4.69, 9.17) is 9.47 Å². The summed E-state index contributed by atoms with van der Waals surface area (Å²) < 4.78 is 10.1. The summed E-state index contributed by atoms with van der Waals surface area (Å²) in [6.45, 7) is 1.42. The van der Waals surface area contributed by atoms with Crippen LogP contribution in [0.3, 0.4) is 0 Å². The number of allylic oxidation sites excluding steroid dienone is 1. The van der Waals surface area contributed by atoms with Crippen molar-refractivity contribution in [2.24, 2.45) is 0 Å². The number of rotatable bonds is 3. The van der Waals surface area contributed by atoms with Crippen molar-refractivity contribution >= 4 is 12.2 Å². The minimum Gasteiger partial charge on any atom is -0.462 e. The van der Waals surface area contributed by atoms with Crippen molar-refractivity contribution in [3.8, 4) is 0 Å². The molecule has 1 N–H and O–H groups in total. The van der Waals surface area contributed by atoms with Crippen molar-refractivity contribution in [3.63, 3.8) is 0 Å². The Morgan fingerprint density at radius 2 is 2.50 bits per heavy atom. The van der Waals surface area contributed by atoms with Gasteiger partial charge in [0.2, 0.25) is 12.2 Å². The highest BCUT2D eigenvalue weighted by molar-refractivity contribution is 5.74. The lowest BCUT2D eigenvalue weighted by atomic mass is 10.1. The van der Waals surface area contributed by atoms with Crippen LogP contribution in [0.15, 0.2) is 11.8 Å². The first-order chi connectivity index (χ1) is 6.65. The van der Waals surface area contributed by atoms with Gasteiger partial charge in [0, 0.05) is 20.5 Å². The second kappa shape index (κ2) is 4.76. The van der Waals surface area contributed by atoms with E-state index in [0.29, 0.717) is 12.7 Å². The molecule has 14 heavy (non-hydrogen) atoms. The Morgan fingerprint density at radius 3 is 3.00 bits per heavy atom. The second-order valence-electron chi connectivity index (χ2n) is 3.01. The van der Waals surface area contributed by atoms with E-state index in [9.17, 15) is 9.59 Å². The van der Waals surface area contributed by atoms with Gasteiger partial charge in [-0.3, -0.25) is 9.59 Å². The molecule has 0 saturated carbocycles. The number of methoxy groups -OCH3 is 1. The van der Waals surface area contributed by atoms with Crippen LogP contribution in [0, 0.1) is 0 Å². The quantitative estimate of drug-likeness (QED) is 0.648. The molecule has 0 aromatic carbocycles. The van der Waals surface area contributed by atoms with Crippen LogP contribution in [-0.4, -0.2) is 31.6 Å². The van der Waals surface area contributed by atoms with E-state index < -0.39 is 6.29 Å². The molecule has 2 atom stereocenters. The zero-order valence-corrected chi connectivity index (χ0v) is 8.15. The van der Waals surface area contributed by atoms with Crippen molar-refractivity contribution in [2.45, 2.75) is 25.7 Å². The Balaban J connectivity index is 2.66. The molecule has 5 heteroatoms. The van der Waals surface area contributed by atoms with Crippen LogP contribution in [-0.2, 0) is 19.1 Å². The van der Waals surface area contributed by atoms with Crippen LogP contribution in [0.2, 0.25) is 0 Å². The van der Waals surface area contributed by atoms with Crippen molar-refractivity contribution in [3.05, 3.63) is 11.8 Å². The van der Waals surface area contributed by atoms with Gasteiger partial charge in [0.25, 0.3) is 0 Å². The minimum atomic E-state index is -0.475. The van der Waals surface area contributed by atoms with Gasteiger partial charge in [-0.05, 0) is 6.08 Å². The molecule has 1 aliphatic rings. The van der Waals surface area contributed by atoms with Crippen LogP contribution in [0.25, 0.3) is 0 Å². The van der Waals surface area contributed by atoms with E-state index in [1.165, 1.54) is 14.0 Å². The highest BCUT2D eigenvalue weighted by atomic mass is 16.7. The average Bonchev–Trinajstić information content (AvgIpc) is 2.16. The Kier molecular flexibility index (Phi) is 3.64. The maximum Gasteiger partial charge on any atom is 0.217 e. The van der Waals surface area contributed by atoms with Gasteiger partial charge in [-0.25, -0.2) is 0 Å². The fourth-order valence-electron chi connectivity index (χ4n) is 1.29. The molecule has 5 nitrogen and oxygen atoms in total. The Morgan fingerprint density at radius 1 is 1.79 bits per heavy atom. The van der Waals surface area contributed by atoms with E-state index in [1.54, 1.807) is 6.08 Å². The molecule has 0 fully saturated rings. The smallest absolute Gasteiger partial charge is 0.217 e. The lowest BCUT2D eigenvalue weighted by Crippen LogP contribution is -2.38. The minimum absolute atomic E-state index is 0.145. The lowest BCUT2D eigenvalue weighted by molar-refractivity contribution is -0.131. The summed E-state index contributed by atoms with van der Waals surface area (Å²) in [6, 6.07) is -0.202. The van der Waals surface area contributed by atoms with Crippen molar-refractivity contribution in [1.29, 1.82) is 0 Å². The van der Waals surface area contributed by atoms with Gasteiger partial charge in [0.1, 0.15) is 0 Å². The molecule has 0 saturated heterocycles. The van der Waals surface area contributed by atoms with Crippen LogP contribution in [0.4, 0.5) is 0 Å². The van der Waals surface area contributed by atoms with Gasteiger partial charge >= 0.3 is 0 Å². The predicted octanol–water partition coefficient (Wildman–Crippen LogP) is -0.0333. The number of nitrogens with one attached hydrogen (secondary N) is 1. The number of hydrogen-bond donors (Lipinski definition) is 1. The zero-order valence-electron chi connectivity index (χ0n) is 8.15. The number of aldehydes is 1. The zero-order chi connectivity index (χ0) is 10.6. The monoisotopic (exact) mass is 199 g/mol. The van der Waals surface area contributed by atoms with Gasteiger partial charge < -0.3 is 14.8 Å². The van der Waals surface area contributed by atoms with E-state index in [-0.39, 0.29) is 17.7 Å². The van der Waals surface area contributed by atoms with Crippen molar-refractivity contribution in [1.82, 2.24) is 5.32 Å². The standard InChI is InChI=1S/C9H13NO4/c1-6(12)10-7-3-8(5-11)14-9(4-7)13-2/h3,5,7,9H,4H2,1-2H3,(H,10,12). The fraction of sp³-hybridized carbons (Fsp3) is 0.556. The summed E-state index contributed by atoms with van der Waals surface area (Å²) in [5.74, 6) is 0.0510. The summed E-state index contributed by atoms with van der Waals surface area (Å²) in [7, 11) is 1.49. The van der Waals surface area contributed by atoms with Gasteiger partial charge in [0.05, 0.1) is 6.04 Å². The van der Waals surface area contributed by atoms with E-state index in [2.05, 4.69) is 5.32 Å². The maximum atomic E-state index is 10.8. The van der Waals surface area contributed by atoms with Gasteiger partial charge in [-0.15, -0.1) is 0 Å². The topological polar surface area (TPSA) is 64.6 Å². The van der Waals surface area contributed by atoms with E-state index in [0.717, 1.165) is 0 Å². The summed E-state index contributed by atoms with van der Waals surface area (Å²) in [4.78, 5) is 21.3. The SMILES string of the molecule is COC1CC(NC(C)=O)C=C(C=O)O1. The van der Waals surface area contributed by atoms with Crippen LogP contribution in [0.5, 0.6) is 0 Å². The third-order valence-electron chi connectivity index (χ3n) is 1.85. The molecule has 0 radical (unpaired) electrons. The number of carbonyl (C=O) groups is 2. The number of amides is 1. The fourth-order valence-corrected chi connectivity index (χ4v) is 1.29. The summed E-state index contributed by atoms with van der Waals surface area (Å²) in [5, 5.41) is 2.68. The molecular formula is C9H13NO4. The van der Waals surface area contributed by atoms with Crippen molar-refractivity contribution in [2.75, 3.05) is 7.11 Å². The van der Waals surface area contributed by atoms with Gasteiger partial charge in [0.15, 0.2) is 12.0 Å². The Hall–Kier alpha value is -1.36. The summed E-state index contributed by atoms with van der Waals surface area (Å²) >= 11 is 0. The first-order valence-corrected chi connectivity index (χ1v) is 4.29. The molecule has 0 aromatic rings.